The largest absolute Gasteiger partial charge is 0.343 e. The van der Waals surface area contributed by atoms with Crippen molar-refractivity contribution in [2.45, 2.75) is 45.1 Å². The second-order valence-electron chi connectivity index (χ2n) is 4.92. The standard InChI is InChI=1S/C12H22N2O/c1-10(11-5-6-11)13-7-3-9-14-8-2-4-12(14)15/h10-11,13H,2-9H2,1H3. The molecule has 1 saturated heterocycles. The van der Waals surface area contributed by atoms with Crippen LogP contribution in [-0.4, -0.2) is 36.5 Å². The maximum Gasteiger partial charge on any atom is 0.222 e. The Labute approximate surface area is 92.2 Å². The molecule has 0 radical (unpaired) electrons. The minimum atomic E-state index is 0.352. The van der Waals surface area contributed by atoms with Gasteiger partial charge in [-0.1, -0.05) is 0 Å². The Morgan fingerprint density at radius 3 is 2.93 bits per heavy atom. The van der Waals surface area contributed by atoms with E-state index in [-0.39, 0.29) is 0 Å². The van der Waals surface area contributed by atoms with Crippen LogP contribution in [0.5, 0.6) is 0 Å². The highest BCUT2D eigenvalue weighted by molar-refractivity contribution is 5.77. The molecule has 3 heteroatoms. The molecule has 1 aliphatic heterocycles. The lowest BCUT2D eigenvalue weighted by molar-refractivity contribution is -0.127. The molecule has 2 aliphatic rings. The summed E-state index contributed by atoms with van der Waals surface area (Å²) in [6.07, 6.45) is 5.73. The first-order chi connectivity index (χ1) is 7.27. The van der Waals surface area contributed by atoms with Gasteiger partial charge in [0.15, 0.2) is 0 Å². The van der Waals surface area contributed by atoms with Gasteiger partial charge in [0.1, 0.15) is 0 Å². The molecule has 1 heterocycles. The van der Waals surface area contributed by atoms with Crippen LogP contribution < -0.4 is 5.32 Å². The lowest BCUT2D eigenvalue weighted by Gasteiger charge is -2.17. The third-order valence-electron chi connectivity index (χ3n) is 3.57. The zero-order valence-electron chi connectivity index (χ0n) is 9.67. The first-order valence-electron chi connectivity index (χ1n) is 6.28. The second kappa shape index (κ2) is 4.97. The first kappa shape index (κ1) is 10.9. The van der Waals surface area contributed by atoms with Crippen LogP contribution in [0.4, 0.5) is 0 Å². The third-order valence-corrected chi connectivity index (χ3v) is 3.57. The zero-order valence-corrected chi connectivity index (χ0v) is 9.67. The highest BCUT2D eigenvalue weighted by Gasteiger charge is 2.27. The minimum absolute atomic E-state index is 0.352. The highest BCUT2D eigenvalue weighted by atomic mass is 16.2. The fourth-order valence-corrected chi connectivity index (χ4v) is 2.30. The summed E-state index contributed by atoms with van der Waals surface area (Å²) in [6, 6.07) is 0.680. The topological polar surface area (TPSA) is 32.3 Å². The molecule has 0 spiro atoms. The van der Waals surface area contributed by atoms with Crippen LogP contribution >= 0.6 is 0 Å². The molecule has 1 amide bonds. The average Bonchev–Trinajstić information content (AvgIpc) is 2.99. The number of amides is 1. The van der Waals surface area contributed by atoms with E-state index in [0.29, 0.717) is 11.9 Å². The molecule has 1 N–H and O–H groups in total. The van der Waals surface area contributed by atoms with Crippen LogP contribution in [0.2, 0.25) is 0 Å². The molecular formula is C12H22N2O. The molecule has 0 aromatic carbocycles. The number of hydrogen-bond acceptors (Lipinski definition) is 2. The Kier molecular flexibility index (Phi) is 3.62. The van der Waals surface area contributed by atoms with E-state index in [1.54, 1.807) is 0 Å². The van der Waals surface area contributed by atoms with Gasteiger partial charge in [0, 0.05) is 25.6 Å². The van der Waals surface area contributed by atoms with E-state index in [4.69, 9.17) is 0 Å². The van der Waals surface area contributed by atoms with E-state index in [2.05, 4.69) is 12.2 Å². The van der Waals surface area contributed by atoms with E-state index >= 15 is 0 Å². The second-order valence-corrected chi connectivity index (χ2v) is 4.92. The number of nitrogens with one attached hydrogen (secondary N) is 1. The fraction of sp³-hybridized carbons (Fsp3) is 0.917. The van der Waals surface area contributed by atoms with E-state index in [1.807, 2.05) is 4.90 Å². The summed E-state index contributed by atoms with van der Waals surface area (Å²) >= 11 is 0. The molecule has 1 unspecified atom stereocenters. The number of likely N-dealkylation sites (tertiary alicyclic amines) is 1. The number of rotatable bonds is 6. The van der Waals surface area contributed by atoms with Crippen molar-refractivity contribution >= 4 is 5.91 Å². The van der Waals surface area contributed by atoms with Gasteiger partial charge in [-0.15, -0.1) is 0 Å². The van der Waals surface area contributed by atoms with Crippen molar-refractivity contribution < 1.29 is 4.79 Å². The normalized spacial score (nSPS) is 23.5. The van der Waals surface area contributed by atoms with Crippen LogP contribution in [0.25, 0.3) is 0 Å². The first-order valence-corrected chi connectivity index (χ1v) is 6.28. The molecular weight excluding hydrogens is 188 g/mol. The quantitative estimate of drug-likeness (QED) is 0.672. The molecule has 2 fully saturated rings. The number of carbonyl (C=O) groups is 1. The maximum atomic E-state index is 11.3. The Hall–Kier alpha value is -0.570. The zero-order chi connectivity index (χ0) is 10.7. The summed E-state index contributed by atoms with van der Waals surface area (Å²) in [4.78, 5) is 13.3. The molecule has 1 aliphatic carbocycles. The number of carbonyl (C=O) groups excluding carboxylic acids is 1. The lowest BCUT2D eigenvalue weighted by atomic mass is 10.2. The molecule has 0 aromatic rings. The molecule has 1 atom stereocenters. The smallest absolute Gasteiger partial charge is 0.222 e. The maximum absolute atomic E-state index is 11.3. The predicted molar refractivity (Wildman–Crippen MR) is 60.6 cm³/mol. The van der Waals surface area contributed by atoms with Crippen molar-refractivity contribution in [3.8, 4) is 0 Å². The van der Waals surface area contributed by atoms with Crippen LogP contribution in [0, 0.1) is 5.92 Å². The molecule has 3 nitrogen and oxygen atoms in total. The van der Waals surface area contributed by atoms with Gasteiger partial charge >= 0.3 is 0 Å². The summed E-state index contributed by atoms with van der Waals surface area (Å²) in [7, 11) is 0. The summed E-state index contributed by atoms with van der Waals surface area (Å²) in [5, 5.41) is 3.55. The van der Waals surface area contributed by atoms with E-state index < -0.39 is 0 Å². The summed E-state index contributed by atoms with van der Waals surface area (Å²) in [6.45, 7) is 5.26. The van der Waals surface area contributed by atoms with Gasteiger partial charge < -0.3 is 10.2 Å². The van der Waals surface area contributed by atoms with Crippen molar-refractivity contribution in [3.05, 3.63) is 0 Å². The van der Waals surface area contributed by atoms with Gasteiger partial charge in [-0.2, -0.15) is 0 Å². The van der Waals surface area contributed by atoms with Crippen molar-refractivity contribution in [2.24, 2.45) is 5.92 Å². The fourth-order valence-electron chi connectivity index (χ4n) is 2.30. The van der Waals surface area contributed by atoms with Crippen molar-refractivity contribution in [1.82, 2.24) is 10.2 Å². The number of hydrogen-bond donors (Lipinski definition) is 1. The van der Waals surface area contributed by atoms with Crippen LogP contribution in [0.15, 0.2) is 0 Å². The predicted octanol–water partition coefficient (Wildman–Crippen LogP) is 1.39. The van der Waals surface area contributed by atoms with Gasteiger partial charge in [-0.25, -0.2) is 0 Å². The summed E-state index contributed by atoms with van der Waals surface area (Å²) < 4.78 is 0. The summed E-state index contributed by atoms with van der Waals surface area (Å²) in [5.41, 5.74) is 0. The molecule has 2 rings (SSSR count). The van der Waals surface area contributed by atoms with E-state index in [1.165, 1.54) is 12.8 Å². The molecule has 0 bridgehead atoms. The monoisotopic (exact) mass is 210 g/mol. The van der Waals surface area contributed by atoms with Gasteiger partial charge in [0.05, 0.1) is 0 Å². The van der Waals surface area contributed by atoms with Crippen LogP contribution in [-0.2, 0) is 4.79 Å². The Balaban J connectivity index is 1.52. The SMILES string of the molecule is CC(NCCCN1CCCC1=O)C1CC1. The van der Waals surface area contributed by atoms with Gasteiger partial charge in [-0.05, 0) is 45.1 Å². The van der Waals surface area contributed by atoms with Crippen molar-refractivity contribution in [1.29, 1.82) is 0 Å². The van der Waals surface area contributed by atoms with Gasteiger partial charge in [0.2, 0.25) is 5.91 Å². The Bertz CT molecular complexity index is 226. The number of nitrogens with zero attached hydrogens (tertiary/aromatic N) is 1. The minimum Gasteiger partial charge on any atom is -0.343 e. The lowest BCUT2D eigenvalue weighted by Crippen LogP contribution is -2.32. The molecule has 1 saturated carbocycles. The Morgan fingerprint density at radius 2 is 2.33 bits per heavy atom. The van der Waals surface area contributed by atoms with Gasteiger partial charge in [-0.3, -0.25) is 4.79 Å². The van der Waals surface area contributed by atoms with Crippen molar-refractivity contribution in [2.75, 3.05) is 19.6 Å². The molecule has 15 heavy (non-hydrogen) atoms. The van der Waals surface area contributed by atoms with E-state index in [0.717, 1.165) is 44.8 Å². The van der Waals surface area contributed by atoms with Crippen LogP contribution in [0.1, 0.15) is 39.0 Å². The highest BCUT2D eigenvalue weighted by Crippen LogP contribution is 2.32. The van der Waals surface area contributed by atoms with Gasteiger partial charge in [0.25, 0.3) is 0 Å². The average molecular weight is 210 g/mol. The van der Waals surface area contributed by atoms with Crippen molar-refractivity contribution in [3.63, 3.8) is 0 Å². The van der Waals surface area contributed by atoms with Crippen LogP contribution in [0.3, 0.4) is 0 Å². The summed E-state index contributed by atoms with van der Waals surface area (Å²) in [5.74, 6) is 1.28. The molecule has 0 aromatic heterocycles. The van der Waals surface area contributed by atoms with E-state index in [9.17, 15) is 4.79 Å². The molecule has 86 valence electrons. The Morgan fingerprint density at radius 1 is 1.53 bits per heavy atom. The third kappa shape index (κ3) is 3.20.